The Morgan fingerprint density at radius 2 is 2.12 bits per heavy atom. The summed E-state index contributed by atoms with van der Waals surface area (Å²) in [6.45, 7) is 0. The average molecular weight is 212 g/mol. The maximum absolute atomic E-state index is 12.0. The summed E-state index contributed by atoms with van der Waals surface area (Å²) in [5, 5.41) is 11.5. The molecule has 2 heterocycles. The summed E-state index contributed by atoms with van der Waals surface area (Å²) in [4.78, 5) is 12.0. The molecule has 5 heteroatoms. The zero-order valence-corrected chi connectivity index (χ0v) is 8.29. The van der Waals surface area contributed by atoms with Gasteiger partial charge in [0, 0.05) is 17.8 Å². The monoisotopic (exact) mass is 212 g/mol. The molecular weight excluding hydrogens is 204 g/mol. The van der Waals surface area contributed by atoms with E-state index in [0.29, 0.717) is 5.69 Å². The number of carbonyl (C=O) groups excluding carboxylic acids is 1. The molecule has 2 aromatic heterocycles. The van der Waals surface area contributed by atoms with E-state index in [1.807, 2.05) is 24.3 Å². The molecule has 0 spiro atoms. The molecule has 0 bridgehead atoms. The highest BCUT2D eigenvalue weighted by Gasteiger charge is 2.15. The zero-order chi connectivity index (χ0) is 11.0. The van der Waals surface area contributed by atoms with Crippen LogP contribution in [0, 0.1) is 0 Å². The molecule has 0 saturated heterocycles. The van der Waals surface area contributed by atoms with Gasteiger partial charge in [0.1, 0.15) is 0 Å². The first-order valence-electron chi connectivity index (χ1n) is 4.84. The summed E-state index contributed by atoms with van der Waals surface area (Å²) in [6.07, 6.45) is 3.17. The lowest BCUT2D eigenvalue weighted by Gasteiger charge is -1.96. The number of carbonyl (C=O) groups is 1. The maximum Gasteiger partial charge on any atom is 0.299 e. The standard InChI is InChI=1S/C11H8N4O/c16-11(15-7-3-6-12-15)10-8-4-1-2-5-9(8)13-14-10/h1-7H,(H,13,14). The fourth-order valence-corrected chi connectivity index (χ4v) is 1.62. The lowest BCUT2D eigenvalue weighted by atomic mass is 10.2. The Hall–Kier alpha value is -2.43. The third-order valence-corrected chi connectivity index (χ3v) is 2.39. The van der Waals surface area contributed by atoms with Gasteiger partial charge in [0.05, 0.1) is 5.52 Å². The predicted molar refractivity (Wildman–Crippen MR) is 58.0 cm³/mol. The topological polar surface area (TPSA) is 63.6 Å². The van der Waals surface area contributed by atoms with E-state index in [-0.39, 0.29) is 5.91 Å². The summed E-state index contributed by atoms with van der Waals surface area (Å²) in [6, 6.07) is 9.20. The largest absolute Gasteiger partial charge is 0.299 e. The van der Waals surface area contributed by atoms with Crippen LogP contribution in [-0.4, -0.2) is 25.9 Å². The minimum absolute atomic E-state index is 0.234. The molecule has 3 aromatic rings. The van der Waals surface area contributed by atoms with Crippen molar-refractivity contribution in [2.45, 2.75) is 0 Å². The van der Waals surface area contributed by atoms with Crippen LogP contribution in [0.1, 0.15) is 10.5 Å². The van der Waals surface area contributed by atoms with E-state index in [1.54, 1.807) is 18.5 Å². The molecule has 0 aliphatic carbocycles. The van der Waals surface area contributed by atoms with Crippen molar-refractivity contribution in [2.75, 3.05) is 0 Å². The maximum atomic E-state index is 12.0. The lowest BCUT2D eigenvalue weighted by molar-refractivity contribution is 0.0941. The molecule has 0 aliphatic rings. The van der Waals surface area contributed by atoms with E-state index < -0.39 is 0 Å². The minimum atomic E-state index is -0.234. The van der Waals surface area contributed by atoms with Gasteiger partial charge in [0.15, 0.2) is 5.69 Å². The van der Waals surface area contributed by atoms with Crippen LogP contribution in [0.2, 0.25) is 0 Å². The Morgan fingerprint density at radius 1 is 1.25 bits per heavy atom. The second-order valence-corrected chi connectivity index (χ2v) is 3.37. The molecular formula is C11H8N4O. The summed E-state index contributed by atoms with van der Waals surface area (Å²) in [7, 11) is 0. The number of benzene rings is 1. The molecule has 5 nitrogen and oxygen atoms in total. The number of nitrogens with one attached hydrogen (secondary N) is 1. The molecule has 1 N–H and O–H groups in total. The Bertz CT molecular complexity index is 639. The second kappa shape index (κ2) is 3.30. The van der Waals surface area contributed by atoms with Gasteiger partial charge in [-0.3, -0.25) is 9.89 Å². The molecule has 0 fully saturated rings. The van der Waals surface area contributed by atoms with Gasteiger partial charge in [-0.05, 0) is 12.1 Å². The van der Waals surface area contributed by atoms with Crippen LogP contribution >= 0.6 is 0 Å². The highest BCUT2D eigenvalue weighted by atomic mass is 16.2. The summed E-state index contributed by atoms with van der Waals surface area (Å²) < 4.78 is 1.27. The van der Waals surface area contributed by atoms with Crippen molar-refractivity contribution in [1.82, 2.24) is 20.0 Å². The van der Waals surface area contributed by atoms with Crippen molar-refractivity contribution in [3.05, 3.63) is 48.4 Å². The molecule has 3 rings (SSSR count). The number of nitrogens with zero attached hydrogens (tertiary/aromatic N) is 3. The quantitative estimate of drug-likeness (QED) is 0.664. The van der Waals surface area contributed by atoms with Gasteiger partial charge in [-0.1, -0.05) is 18.2 Å². The van der Waals surface area contributed by atoms with Crippen molar-refractivity contribution >= 4 is 16.8 Å². The van der Waals surface area contributed by atoms with Crippen molar-refractivity contribution in [3.63, 3.8) is 0 Å². The van der Waals surface area contributed by atoms with Crippen LogP contribution in [-0.2, 0) is 0 Å². The van der Waals surface area contributed by atoms with Crippen LogP contribution in [0.5, 0.6) is 0 Å². The number of rotatable bonds is 1. The van der Waals surface area contributed by atoms with Crippen LogP contribution in [0.25, 0.3) is 10.9 Å². The lowest BCUT2D eigenvalue weighted by Crippen LogP contribution is -2.13. The first-order valence-corrected chi connectivity index (χ1v) is 4.84. The second-order valence-electron chi connectivity index (χ2n) is 3.37. The zero-order valence-electron chi connectivity index (χ0n) is 8.29. The molecule has 0 aliphatic heterocycles. The third kappa shape index (κ3) is 1.22. The summed E-state index contributed by atoms with van der Waals surface area (Å²) in [5.41, 5.74) is 1.23. The smallest absolute Gasteiger partial charge is 0.277 e. The van der Waals surface area contributed by atoms with E-state index in [2.05, 4.69) is 15.3 Å². The number of fused-ring (bicyclic) bond motifs is 1. The van der Waals surface area contributed by atoms with E-state index >= 15 is 0 Å². The van der Waals surface area contributed by atoms with Crippen molar-refractivity contribution in [1.29, 1.82) is 0 Å². The molecule has 16 heavy (non-hydrogen) atoms. The Balaban J connectivity index is 2.16. The van der Waals surface area contributed by atoms with Gasteiger partial charge in [0.2, 0.25) is 0 Å². The number of hydrogen-bond donors (Lipinski definition) is 1. The first-order chi connectivity index (χ1) is 7.86. The van der Waals surface area contributed by atoms with Crippen molar-refractivity contribution in [3.8, 4) is 0 Å². The Labute approximate surface area is 90.7 Å². The van der Waals surface area contributed by atoms with Gasteiger partial charge in [0.25, 0.3) is 5.91 Å². The van der Waals surface area contributed by atoms with E-state index in [0.717, 1.165) is 10.9 Å². The highest BCUT2D eigenvalue weighted by molar-refractivity contribution is 6.05. The molecule has 0 atom stereocenters. The Morgan fingerprint density at radius 3 is 2.94 bits per heavy atom. The van der Waals surface area contributed by atoms with Gasteiger partial charge in [-0.25, -0.2) is 4.68 Å². The fourth-order valence-electron chi connectivity index (χ4n) is 1.62. The van der Waals surface area contributed by atoms with Crippen LogP contribution < -0.4 is 0 Å². The summed E-state index contributed by atoms with van der Waals surface area (Å²) >= 11 is 0. The Kier molecular flexibility index (Phi) is 1.83. The SMILES string of the molecule is O=C(c1n[nH]c2ccccc12)n1cccn1. The van der Waals surface area contributed by atoms with Crippen molar-refractivity contribution < 1.29 is 4.79 Å². The van der Waals surface area contributed by atoms with Gasteiger partial charge in [-0.15, -0.1) is 0 Å². The number of aromatic nitrogens is 4. The molecule has 0 radical (unpaired) electrons. The van der Waals surface area contributed by atoms with Crippen LogP contribution in [0.3, 0.4) is 0 Å². The number of para-hydroxylation sites is 1. The van der Waals surface area contributed by atoms with Crippen LogP contribution in [0.15, 0.2) is 42.7 Å². The van der Waals surface area contributed by atoms with Gasteiger partial charge < -0.3 is 0 Å². The predicted octanol–water partition coefficient (Wildman–Crippen LogP) is 1.45. The third-order valence-electron chi connectivity index (χ3n) is 2.39. The minimum Gasteiger partial charge on any atom is -0.277 e. The van der Waals surface area contributed by atoms with E-state index in [9.17, 15) is 4.79 Å². The highest BCUT2D eigenvalue weighted by Crippen LogP contribution is 2.15. The van der Waals surface area contributed by atoms with E-state index in [4.69, 9.17) is 0 Å². The fraction of sp³-hybridized carbons (Fsp3) is 0. The molecule has 0 amide bonds. The molecule has 78 valence electrons. The number of aromatic amines is 1. The van der Waals surface area contributed by atoms with Crippen molar-refractivity contribution in [2.24, 2.45) is 0 Å². The van der Waals surface area contributed by atoms with E-state index in [1.165, 1.54) is 4.68 Å². The number of H-pyrrole nitrogens is 1. The molecule has 0 unspecified atom stereocenters. The van der Waals surface area contributed by atoms with Gasteiger partial charge in [-0.2, -0.15) is 10.2 Å². The number of hydrogen-bond acceptors (Lipinski definition) is 3. The molecule has 0 saturated carbocycles. The van der Waals surface area contributed by atoms with Crippen LogP contribution in [0.4, 0.5) is 0 Å². The first kappa shape index (κ1) is 8.84. The average Bonchev–Trinajstić information content (AvgIpc) is 2.98. The van der Waals surface area contributed by atoms with Gasteiger partial charge >= 0.3 is 0 Å². The summed E-state index contributed by atoms with van der Waals surface area (Å²) in [5.74, 6) is -0.234. The normalized spacial score (nSPS) is 10.8. The molecule has 1 aromatic carbocycles.